The minimum absolute atomic E-state index is 0.125. The van der Waals surface area contributed by atoms with Crippen LogP contribution in [0.25, 0.3) is 10.9 Å². The average Bonchev–Trinajstić information content (AvgIpc) is 3.10. The monoisotopic (exact) mass is 383 g/mol. The van der Waals surface area contributed by atoms with E-state index in [9.17, 15) is 4.79 Å². The molecule has 6 nitrogen and oxygen atoms in total. The molecule has 0 saturated carbocycles. The Bertz CT molecular complexity index is 963. The molecule has 2 aromatic rings. The number of methoxy groups -OCH3 is 2. The maximum absolute atomic E-state index is 12.3. The molecule has 5 atom stereocenters. The van der Waals surface area contributed by atoms with E-state index in [1.807, 2.05) is 6.07 Å². The van der Waals surface area contributed by atoms with Gasteiger partial charge in [-0.05, 0) is 24.6 Å². The van der Waals surface area contributed by atoms with Crippen LogP contribution in [0.2, 0.25) is 0 Å². The highest BCUT2D eigenvalue weighted by Crippen LogP contribution is 2.41. The van der Waals surface area contributed by atoms with Crippen molar-refractivity contribution in [3.05, 3.63) is 41.3 Å². The highest BCUT2D eigenvalue weighted by atomic mass is 16.5. The lowest BCUT2D eigenvalue weighted by molar-refractivity contribution is -0.944. The lowest BCUT2D eigenvalue weighted by Gasteiger charge is -2.46. The van der Waals surface area contributed by atoms with Crippen LogP contribution in [0.1, 0.15) is 30.6 Å². The highest BCUT2D eigenvalue weighted by molar-refractivity contribution is 5.89. The predicted molar refractivity (Wildman–Crippen MR) is 104 cm³/mol. The van der Waals surface area contributed by atoms with Crippen molar-refractivity contribution < 1.29 is 23.9 Å². The van der Waals surface area contributed by atoms with Gasteiger partial charge in [0.05, 0.1) is 50.8 Å². The summed E-state index contributed by atoms with van der Waals surface area (Å²) in [4.78, 5) is 17.6. The van der Waals surface area contributed by atoms with Crippen LogP contribution in [-0.2, 0) is 20.7 Å². The fraction of sp³-hybridized carbons (Fsp3) is 0.500. The van der Waals surface area contributed by atoms with Crippen molar-refractivity contribution in [2.45, 2.75) is 31.9 Å². The molecule has 0 radical (unpaired) electrons. The SMILES string of the molecule is COC(=O)C1=CO[C@H](C)[C@H]2C[NH+]3CCc4c([nH]c5cc(OC)ccc45)[C@@H]3C[C@H]12. The topological polar surface area (TPSA) is 65.0 Å². The summed E-state index contributed by atoms with van der Waals surface area (Å²) in [6.07, 6.45) is 3.77. The average molecular weight is 383 g/mol. The number of nitrogens with one attached hydrogen (secondary N) is 2. The maximum Gasteiger partial charge on any atom is 0.337 e. The number of aromatic amines is 1. The minimum Gasteiger partial charge on any atom is -0.497 e. The molecule has 148 valence electrons. The van der Waals surface area contributed by atoms with Gasteiger partial charge in [-0.1, -0.05) is 0 Å². The van der Waals surface area contributed by atoms with Crippen LogP contribution in [0.15, 0.2) is 30.0 Å². The van der Waals surface area contributed by atoms with Gasteiger partial charge in [0.2, 0.25) is 0 Å². The zero-order valence-electron chi connectivity index (χ0n) is 16.6. The van der Waals surface area contributed by atoms with Gasteiger partial charge in [-0.15, -0.1) is 0 Å². The number of aromatic nitrogens is 1. The second-order valence-electron chi connectivity index (χ2n) is 8.26. The van der Waals surface area contributed by atoms with Gasteiger partial charge in [-0.25, -0.2) is 4.79 Å². The molecule has 1 unspecified atom stereocenters. The Morgan fingerprint density at radius 2 is 2.18 bits per heavy atom. The molecule has 28 heavy (non-hydrogen) atoms. The Balaban J connectivity index is 1.54. The maximum atomic E-state index is 12.3. The van der Waals surface area contributed by atoms with Gasteiger partial charge >= 0.3 is 5.97 Å². The Kier molecular flexibility index (Phi) is 4.12. The lowest BCUT2D eigenvalue weighted by atomic mass is 9.72. The summed E-state index contributed by atoms with van der Waals surface area (Å²) in [5, 5.41) is 1.29. The van der Waals surface area contributed by atoms with E-state index in [1.54, 1.807) is 18.3 Å². The molecule has 0 aliphatic carbocycles. The second kappa shape index (κ2) is 6.55. The van der Waals surface area contributed by atoms with Crippen LogP contribution < -0.4 is 9.64 Å². The molecule has 1 saturated heterocycles. The third-order valence-corrected chi connectivity index (χ3v) is 7.02. The van der Waals surface area contributed by atoms with Crippen molar-refractivity contribution in [3.63, 3.8) is 0 Å². The van der Waals surface area contributed by atoms with Gasteiger partial charge in [0.15, 0.2) is 0 Å². The van der Waals surface area contributed by atoms with E-state index in [-0.39, 0.29) is 18.0 Å². The number of carbonyl (C=O) groups is 1. The van der Waals surface area contributed by atoms with Crippen molar-refractivity contribution in [2.75, 3.05) is 27.3 Å². The first-order valence-corrected chi connectivity index (χ1v) is 10.1. The number of ether oxygens (including phenoxy) is 3. The molecule has 1 aromatic heterocycles. The Morgan fingerprint density at radius 1 is 1.32 bits per heavy atom. The van der Waals surface area contributed by atoms with Gasteiger partial charge in [0.25, 0.3) is 0 Å². The standard InChI is InChI=1S/C22H26N2O4/c1-12-17-10-24-7-6-15-14-5-4-13(26-2)8-19(14)23-21(15)20(24)9-16(17)18(11-28-12)22(25)27-3/h4-5,8,11-12,16-17,20,23H,6-7,9-10H2,1-3H3/p+1/t12-,16+,17-,20+/m1/s1. The number of fused-ring (bicyclic) bond motifs is 6. The number of carbonyl (C=O) groups excluding carboxylic acids is 1. The predicted octanol–water partition coefficient (Wildman–Crippen LogP) is 1.77. The third-order valence-electron chi connectivity index (χ3n) is 7.02. The number of hydrogen-bond acceptors (Lipinski definition) is 4. The summed E-state index contributed by atoms with van der Waals surface area (Å²) >= 11 is 0. The highest BCUT2D eigenvalue weighted by Gasteiger charge is 2.49. The smallest absolute Gasteiger partial charge is 0.337 e. The molecule has 6 heteroatoms. The number of benzene rings is 1. The molecule has 1 fully saturated rings. The summed E-state index contributed by atoms with van der Waals surface area (Å²) in [6, 6.07) is 6.64. The molecular weight excluding hydrogens is 356 g/mol. The second-order valence-corrected chi connectivity index (χ2v) is 8.26. The summed E-state index contributed by atoms with van der Waals surface area (Å²) in [6.45, 7) is 4.25. The largest absolute Gasteiger partial charge is 0.497 e. The first-order chi connectivity index (χ1) is 13.6. The zero-order valence-corrected chi connectivity index (χ0v) is 16.6. The quantitative estimate of drug-likeness (QED) is 0.776. The van der Waals surface area contributed by atoms with Crippen molar-refractivity contribution in [1.29, 1.82) is 0 Å². The molecule has 0 bridgehead atoms. The van der Waals surface area contributed by atoms with Crippen LogP contribution in [0.4, 0.5) is 0 Å². The van der Waals surface area contributed by atoms with Crippen molar-refractivity contribution >= 4 is 16.9 Å². The van der Waals surface area contributed by atoms with Crippen LogP contribution in [0.3, 0.4) is 0 Å². The fourth-order valence-corrected chi connectivity index (χ4v) is 5.55. The first-order valence-electron chi connectivity index (χ1n) is 10.1. The number of piperidine rings is 1. The van der Waals surface area contributed by atoms with E-state index in [0.717, 1.165) is 37.2 Å². The number of quaternary nitrogens is 1. The van der Waals surface area contributed by atoms with E-state index >= 15 is 0 Å². The van der Waals surface area contributed by atoms with E-state index in [2.05, 4.69) is 24.0 Å². The summed E-state index contributed by atoms with van der Waals surface area (Å²) in [5.41, 5.74) is 4.58. The zero-order chi connectivity index (χ0) is 19.4. The van der Waals surface area contributed by atoms with E-state index in [0.29, 0.717) is 17.5 Å². The molecule has 1 aromatic carbocycles. The summed E-state index contributed by atoms with van der Waals surface area (Å²) in [5.74, 6) is 1.13. The van der Waals surface area contributed by atoms with Crippen LogP contribution in [-0.4, -0.2) is 44.4 Å². The number of rotatable bonds is 2. The van der Waals surface area contributed by atoms with E-state index in [4.69, 9.17) is 14.2 Å². The fourth-order valence-electron chi connectivity index (χ4n) is 5.55. The lowest BCUT2D eigenvalue weighted by Crippen LogP contribution is -3.15. The molecule has 3 aliphatic heterocycles. The Morgan fingerprint density at radius 3 is 2.96 bits per heavy atom. The summed E-state index contributed by atoms with van der Waals surface area (Å²) < 4.78 is 16.2. The van der Waals surface area contributed by atoms with Gasteiger partial charge in [0, 0.05) is 35.7 Å². The van der Waals surface area contributed by atoms with E-state index in [1.165, 1.54) is 23.8 Å². The Hall–Kier alpha value is -2.47. The number of H-pyrrole nitrogens is 1. The first kappa shape index (κ1) is 17.6. The molecule has 4 heterocycles. The van der Waals surface area contributed by atoms with Crippen LogP contribution >= 0.6 is 0 Å². The van der Waals surface area contributed by atoms with Crippen LogP contribution in [0.5, 0.6) is 5.75 Å². The number of esters is 1. The van der Waals surface area contributed by atoms with Gasteiger partial charge in [-0.2, -0.15) is 0 Å². The van der Waals surface area contributed by atoms with Gasteiger partial charge in [0.1, 0.15) is 17.9 Å². The van der Waals surface area contributed by atoms with Gasteiger partial charge < -0.3 is 24.1 Å². The third kappa shape index (κ3) is 2.54. The molecule has 0 spiro atoms. The molecule has 3 aliphatic rings. The normalized spacial score (nSPS) is 31.1. The number of hydrogen-bond donors (Lipinski definition) is 2. The van der Waals surface area contributed by atoms with Crippen molar-refractivity contribution in [1.82, 2.24) is 4.98 Å². The molecule has 5 rings (SSSR count). The van der Waals surface area contributed by atoms with Crippen molar-refractivity contribution in [3.8, 4) is 5.75 Å². The van der Waals surface area contributed by atoms with Crippen molar-refractivity contribution in [2.24, 2.45) is 11.8 Å². The molecular formula is C22H27N2O4+. The summed E-state index contributed by atoms with van der Waals surface area (Å²) in [7, 11) is 3.14. The van der Waals surface area contributed by atoms with Crippen LogP contribution in [0, 0.1) is 11.8 Å². The molecule has 0 amide bonds. The van der Waals surface area contributed by atoms with E-state index < -0.39 is 0 Å². The minimum atomic E-state index is -0.261. The van der Waals surface area contributed by atoms with Gasteiger partial charge in [-0.3, -0.25) is 0 Å². The Labute approximate surface area is 164 Å². The molecule has 2 N–H and O–H groups in total.